The van der Waals surface area contributed by atoms with Gasteiger partial charge in [0, 0.05) is 0 Å². The summed E-state index contributed by atoms with van der Waals surface area (Å²) in [5, 5.41) is 0. The molecule has 0 unspecified atom stereocenters. The van der Waals surface area contributed by atoms with Gasteiger partial charge in [0.2, 0.25) is 0 Å². The summed E-state index contributed by atoms with van der Waals surface area (Å²) in [6, 6.07) is 3.16. The molecule has 9 heteroatoms. The van der Waals surface area contributed by atoms with Crippen LogP contribution in [-0.2, 0) is 10.0 Å². The fourth-order valence-electron chi connectivity index (χ4n) is 1.22. The molecule has 1 N–H and O–H groups in total. The maximum absolute atomic E-state index is 12.0. The lowest BCUT2D eigenvalue weighted by Gasteiger charge is -2.06. The van der Waals surface area contributed by atoms with Crippen LogP contribution in [0.5, 0.6) is 6.01 Å². The van der Waals surface area contributed by atoms with Gasteiger partial charge in [-0.3, -0.25) is 4.72 Å². The van der Waals surface area contributed by atoms with Gasteiger partial charge in [0.05, 0.1) is 29.0 Å². The number of hydrogen-bond acceptors (Lipinski definition) is 6. The summed E-state index contributed by atoms with van der Waals surface area (Å²) in [4.78, 5) is 7.74. The molecule has 0 spiro atoms. The Bertz CT molecular complexity index is 655. The molecule has 0 radical (unpaired) electrons. The highest BCUT2D eigenvalue weighted by Crippen LogP contribution is 2.27. The van der Waals surface area contributed by atoms with Gasteiger partial charge in [-0.15, -0.1) is 11.3 Å². The van der Waals surface area contributed by atoms with Crippen molar-refractivity contribution in [3.05, 3.63) is 28.9 Å². The average Bonchev–Trinajstić information content (AvgIpc) is 2.79. The fourth-order valence-corrected chi connectivity index (χ4v) is 3.73. The van der Waals surface area contributed by atoms with E-state index in [0.29, 0.717) is 10.9 Å². The SMILES string of the molecule is CCOc1ncc(NS(=O)(=O)c2ccc(Cl)s2)cn1. The molecule has 2 aromatic heterocycles. The minimum absolute atomic E-state index is 0.131. The smallest absolute Gasteiger partial charge is 0.316 e. The number of nitrogens with one attached hydrogen (secondary N) is 1. The largest absolute Gasteiger partial charge is 0.464 e. The van der Waals surface area contributed by atoms with Crippen molar-refractivity contribution in [2.24, 2.45) is 0 Å². The van der Waals surface area contributed by atoms with E-state index in [1.54, 1.807) is 6.92 Å². The summed E-state index contributed by atoms with van der Waals surface area (Å²) in [5.41, 5.74) is 0.257. The summed E-state index contributed by atoms with van der Waals surface area (Å²) in [7, 11) is -3.65. The van der Waals surface area contributed by atoms with Crippen molar-refractivity contribution >= 4 is 38.6 Å². The van der Waals surface area contributed by atoms with Gasteiger partial charge in [0.15, 0.2) is 0 Å². The Morgan fingerprint density at radius 1 is 1.37 bits per heavy atom. The first-order chi connectivity index (χ1) is 9.01. The molecule has 0 aromatic carbocycles. The molecule has 0 aliphatic carbocycles. The lowest BCUT2D eigenvalue weighted by Crippen LogP contribution is -2.12. The van der Waals surface area contributed by atoms with Crippen molar-refractivity contribution in [3.63, 3.8) is 0 Å². The number of ether oxygens (including phenoxy) is 1. The van der Waals surface area contributed by atoms with E-state index in [-0.39, 0.29) is 15.9 Å². The number of sulfonamides is 1. The molecule has 2 heterocycles. The second-order valence-electron chi connectivity index (χ2n) is 3.35. The Labute approximate surface area is 119 Å². The molecule has 0 fully saturated rings. The Kier molecular flexibility index (Phi) is 4.23. The third kappa shape index (κ3) is 3.55. The first kappa shape index (κ1) is 14.0. The minimum Gasteiger partial charge on any atom is -0.464 e. The van der Waals surface area contributed by atoms with Gasteiger partial charge in [-0.2, -0.15) is 0 Å². The van der Waals surface area contributed by atoms with Crippen molar-refractivity contribution in [3.8, 4) is 6.01 Å². The molecule has 0 saturated heterocycles. The summed E-state index contributed by atoms with van der Waals surface area (Å²) < 4.78 is 31.9. The summed E-state index contributed by atoms with van der Waals surface area (Å²) >= 11 is 6.68. The molecule has 102 valence electrons. The van der Waals surface area contributed by atoms with E-state index in [0.717, 1.165) is 11.3 Å². The van der Waals surface area contributed by atoms with Crippen molar-refractivity contribution < 1.29 is 13.2 Å². The van der Waals surface area contributed by atoms with Crippen LogP contribution in [0.2, 0.25) is 4.34 Å². The van der Waals surface area contributed by atoms with Gasteiger partial charge in [0.1, 0.15) is 4.21 Å². The maximum Gasteiger partial charge on any atom is 0.316 e. The maximum atomic E-state index is 12.0. The predicted molar refractivity (Wildman–Crippen MR) is 73.3 cm³/mol. The molecular weight excluding hydrogens is 310 g/mol. The van der Waals surface area contributed by atoms with Crippen molar-refractivity contribution in [1.29, 1.82) is 0 Å². The van der Waals surface area contributed by atoms with Crippen LogP contribution < -0.4 is 9.46 Å². The van der Waals surface area contributed by atoms with E-state index in [1.807, 2.05) is 0 Å². The van der Waals surface area contributed by atoms with Crippen LogP contribution in [-0.4, -0.2) is 25.0 Å². The first-order valence-electron chi connectivity index (χ1n) is 5.24. The van der Waals surface area contributed by atoms with Crippen LogP contribution in [0.25, 0.3) is 0 Å². The van der Waals surface area contributed by atoms with Gasteiger partial charge in [0.25, 0.3) is 10.0 Å². The van der Waals surface area contributed by atoms with Crippen LogP contribution in [0, 0.1) is 0 Å². The van der Waals surface area contributed by atoms with E-state index in [1.165, 1.54) is 24.5 Å². The highest BCUT2D eigenvalue weighted by Gasteiger charge is 2.17. The molecule has 0 bridgehead atoms. The van der Waals surface area contributed by atoms with E-state index in [4.69, 9.17) is 16.3 Å². The second-order valence-corrected chi connectivity index (χ2v) is 6.98. The van der Waals surface area contributed by atoms with Gasteiger partial charge < -0.3 is 4.74 Å². The zero-order chi connectivity index (χ0) is 13.9. The zero-order valence-corrected chi connectivity index (χ0v) is 12.2. The molecule has 0 saturated carbocycles. The first-order valence-corrected chi connectivity index (χ1v) is 7.92. The average molecular weight is 320 g/mol. The van der Waals surface area contributed by atoms with Crippen LogP contribution >= 0.6 is 22.9 Å². The van der Waals surface area contributed by atoms with E-state index >= 15 is 0 Å². The van der Waals surface area contributed by atoms with Crippen LogP contribution in [0.4, 0.5) is 5.69 Å². The highest BCUT2D eigenvalue weighted by molar-refractivity contribution is 7.94. The molecule has 2 rings (SSSR count). The molecular formula is C10H10ClN3O3S2. The number of aromatic nitrogens is 2. The Balaban J connectivity index is 2.16. The summed E-state index contributed by atoms with van der Waals surface area (Å²) in [5.74, 6) is 0. The fraction of sp³-hybridized carbons (Fsp3) is 0.200. The second kappa shape index (κ2) is 5.72. The number of rotatable bonds is 5. The molecule has 19 heavy (non-hydrogen) atoms. The predicted octanol–water partition coefficient (Wildman–Crippen LogP) is 2.39. The molecule has 0 aliphatic rings. The van der Waals surface area contributed by atoms with Crippen molar-refractivity contribution in [1.82, 2.24) is 9.97 Å². The zero-order valence-electron chi connectivity index (χ0n) is 9.83. The minimum atomic E-state index is -3.65. The van der Waals surface area contributed by atoms with Crippen molar-refractivity contribution in [2.75, 3.05) is 11.3 Å². The van der Waals surface area contributed by atoms with Gasteiger partial charge in [-0.1, -0.05) is 11.6 Å². The standard InChI is InChI=1S/C10H10ClN3O3S2/c1-2-17-10-12-5-7(6-13-10)14-19(15,16)9-4-3-8(11)18-9/h3-6,14H,2H2,1H3. The highest BCUT2D eigenvalue weighted by atomic mass is 35.5. The van der Waals surface area contributed by atoms with E-state index in [9.17, 15) is 8.42 Å². The molecule has 6 nitrogen and oxygen atoms in total. The number of halogens is 1. The quantitative estimate of drug-likeness (QED) is 0.915. The number of anilines is 1. The molecule has 0 amide bonds. The van der Waals surface area contributed by atoms with Gasteiger partial charge in [-0.05, 0) is 19.1 Å². The summed E-state index contributed by atoms with van der Waals surface area (Å²) in [6.45, 7) is 2.25. The Hall–Kier alpha value is -1.38. The monoisotopic (exact) mass is 319 g/mol. The number of thiophene rings is 1. The van der Waals surface area contributed by atoms with Crippen LogP contribution in [0.1, 0.15) is 6.92 Å². The van der Waals surface area contributed by atoms with Gasteiger partial charge in [-0.25, -0.2) is 18.4 Å². The molecule has 0 aliphatic heterocycles. The van der Waals surface area contributed by atoms with Crippen LogP contribution in [0.3, 0.4) is 0 Å². The Morgan fingerprint density at radius 3 is 2.58 bits per heavy atom. The molecule has 0 atom stereocenters. The van der Waals surface area contributed by atoms with Crippen LogP contribution in [0.15, 0.2) is 28.7 Å². The molecule has 2 aromatic rings. The van der Waals surface area contributed by atoms with Gasteiger partial charge >= 0.3 is 6.01 Å². The lowest BCUT2D eigenvalue weighted by molar-refractivity contribution is 0.312. The third-order valence-corrected chi connectivity index (χ3v) is 5.07. The normalized spacial score (nSPS) is 11.3. The van der Waals surface area contributed by atoms with Crippen molar-refractivity contribution in [2.45, 2.75) is 11.1 Å². The summed E-state index contributed by atoms with van der Waals surface area (Å²) in [6.07, 6.45) is 2.68. The topological polar surface area (TPSA) is 81.2 Å². The lowest BCUT2D eigenvalue weighted by atomic mass is 10.6. The van der Waals surface area contributed by atoms with E-state index < -0.39 is 10.0 Å². The van der Waals surface area contributed by atoms with E-state index in [2.05, 4.69) is 14.7 Å². The number of hydrogen-bond donors (Lipinski definition) is 1. The third-order valence-electron chi connectivity index (χ3n) is 1.97. The Morgan fingerprint density at radius 2 is 2.05 bits per heavy atom. The number of nitrogens with zero attached hydrogens (tertiary/aromatic N) is 2.